The highest BCUT2D eigenvalue weighted by Crippen LogP contribution is 2.27. The smallest absolute Gasteiger partial charge is 0.254 e. The first-order chi connectivity index (χ1) is 12.1. The molecule has 0 fully saturated rings. The topological polar surface area (TPSA) is 54.5 Å². The Morgan fingerprint density at radius 1 is 1.32 bits per heavy atom. The van der Waals surface area contributed by atoms with Gasteiger partial charge < -0.3 is 15.0 Å². The summed E-state index contributed by atoms with van der Waals surface area (Å²) in [6.07, 6.45) is 2.12. The van der Waals surface area contributed by atoms with Gasteiger partial charge in [0, 0.05) is 42.5 Å². The van der Waals surface area contributed by atoms with Gasteiger partial charge in [0.1, 0.15) is 5.15 Å². The Hall–Kier alpha value is -2.27. The Bertz CT molecular complexity index is 779. The number of methoxy groups -OCH3 is 1. The summed E-state index contributed by atoms with van der Waals surface area (Å²) in [4.78, 5) is 18.4. The Balaban J connectivity index is 1.67. The van der Waals surface area contributed by atoms with Crippen LogP contribution < -0.4 is 10.1 Å². The van der Waals surface area contributed by atoms with E-state index >= 15 is 0 Å². The molecule has 6 heteroatoms. The van der Waals surface area contributed by atoms with Crippen molar-refractivity contribution in [3.8, 4) is 5.88 Å². The summed E-state index contributed by atoms with van der Waals surface area (Å²) in [6, 6.07) is 9.56. The van der Waals surface area contributed by atoms with Crippen LogP contribution in [-0.4, -0.2) is 29.4 Å². The van der Waals surface area contributed by atoms with Gasteiger partial charge >= 0.3 is 0 Å². The third-order valence-electron chi connectivity index (χ3n) is 4.36. The molecule has 5 nitrogen and oxygen atoms in total. The van der Waals surface area contributed by atoms with Crippen LogP contribution in [-0.2, 0) is 13.1 Å². The molecule has 1 aromatic carbocycles. The molecule has 0 saturated carbocycles. The lowest BCUT2D eigenvalue weighted by Crippen LogP contribution is -2.24. The van der Waals surface area contributed by atoms with E-state index in [-0.39, 0.29) is 5.91 Å². The van der Waals surface area contributed by atoms with E-state index < -0.39 is 0 Å². The van der Waals surface area contributed by atoms with E-state index in [1.807, 2.05) is 29.2 Å². The number of carbonyl (C=O) groups excluding carboxylic acids is 1. The molecule has 0 radical (unpaired) electrons. The number of hydrogen-bond donors (Lipinski definition) is 1. The average molecular weight is 360 g/mol. The summed E-state index contributed by atoms with van der Waals surface area (Å²) in [7, 11) is 1.56. The zero-order chi connectivity index (χ0) is 17.8. The number of nitrogens with zero attached hydrogens (tertiary/aromatic N) is 2. The third kappa shape index (κ3) is 3.87. The van der Waals surface area contributed by atoms with Crippen LogP contribution in [0.25, 0.3) is 0 Å². The van der Waals surface area contributed by atoms with Gasteiger partial charge in [-0.25, -0.2) is 4.98 Å². The molecule has 0 aliphatic carbocycles. The highest BCUT2D eigenvalue weighted by molar-refractivity contribution is 6.30. The first kappa shape index (κ1) is 17.5. The molecule has 1 aliphatic heterocycles. The largest absolute Gasteiger partial charge is 0.481 e. The monoisotopic (exact) mass is 359 g/mol. The van der Waals surface area contributed by atoms with Gasteiger partial charge in [0.2, 0.25) is 5.88 Å². The van der Waals surface area contributed by atoms with Crippen LogP contribution in [0.5, 0.6) is 5.88 Å². The van der Waals surface area contributed by atoms with Gasteiger partial charge in [0.25, 0.3) is 5.91 Å². The average Bonchev–Trinajstić information content (AvgIpc) is 2.94. The lowest BCUT2D eigenvalue weighted by molar-refractivity contribution is 0.0776. The molecule has 0 atom stereocenters. The fourth-order valence-corrected chi connectivity index (χ4v) is 3.12. The zero-order valence-corrected chi connectivity index (χ0v) is 15.3. The molecule has 0 bridgehead atoms. The first-order valence-electron chi connectivity index (χ1n) is 8.48. The molecule has 25 heavy (non-hydrogen) atoms. The molecule has 1 N–H and O–H groups in total. The maximum atomic E-state index is 12.4. The quantitative estimate of drug-likeness (QED) is 0.756. The van der Waals surface area contributed by atoms with Gasteiger partial charge in [-0.05, 0) is 36.2 Å². The number of pyridine rings is 1. The highest BCUT2D eigenvalue weighted by atomic mass is 35.5. The van der Waals surface area contributed by atoms with Crippen molar-refractivity contribution >= 4 is 23.2 Å². The number of nitrogens with one attached hydrogen (secondary N) is 1. The van der Waals surface area contributed by atoms with E-state index in [9.17, 15) is 4.79 Å². The number of hydrogen-bond acceptors (Lipinski definition) is 4. The van der Waals surface area contributed by atoms with Gasteiger partial charge in [-0.15, -0.1) is 0 Å². The fraction of sp³-hybridized carbons (Fsp3) is 0.368. The maximum absolute atomic E-state index is 12.4. The van der Waals surface area contributed by atoms with Crippen molar-refractivity contribution in [1.82, 2.24) is 9.88 Å². The number of rotatable bonds is 7. The minimum absolute atomic E-state index is 0.136. The van der Waals surface area contributed by atoms with Crippen LogP contribution in [0.15, 0.2) is 30.3 Å². The van der Waals surface area contributed by atoms with Gasteiger partial charge in [-0.1, -0.05) is 24.9 Å². The number of ether oxygens (including phenoxy) is 1. The number of aromatic nitrogens is 1. The third-order valence-corrected chi connectivity index (χ3v) is 4.69. The SMILES string of the molecule is CCCCN1Cc2cc(NCc3ccc(OC)nc3Cl)ccc2C1=O. The Morgan fingerprint density at radius 2 is 2.16 bits per heavy atom. The molecule has 1 aromatic heterocycles. The lowest BCUT2D eigenvalue weighted by atomic mass is 10.1. The standard InChI is InChI=1S/C19H22ClN3O2/c1-3-4-9-23-12-14-10-15(6-7-16(14)19(23)24)21-11-13-5-8-17(25-2)22-18(13)20/h5-8,10,21H,3-4,9,11-12H2,1-2H3. The number of benzene rings is 1. The van der Waals surface area contributed by atoms with Crippen molar-refractivity contribution < 1.29 is 9.53 Å². The number of anilines is 1. The number of halogens is 1. The second-order valence-corrected chi connectivity index (χ2v) is 6.47. The molecule has 0 saturated heterocycles. The minimum Gasteiger partial charge on any atom is -0.481 e. The van der Waals surface area contributed by atoms with E-state index in [0.29, 0.717) is 24.1 Å². The molecule has 2 aromatic rings. The van der Waals surface area contributed by atoms with Crippen LogP contribution in [0.1, 0.15) is 41.3 Å². The van der Waals surface area contributed by atoms with Crippen LogP contribution in [0.2, 0.25) is 5.15 Å². The molecule has 0 spiro atoms. The summed E-state index contributed by atoms with van der Waals surface area (Å²) in [5.41, 5.74) is 3.75. The Kier molecular flexibility index (Phi) is 5.43. The number of unbranched alkanes of at least 4 members (excludes halogenated alkanes) is 1. The summed E-state index contributed by atoms with van der Waals surface area (Å²) in [6.45, 7) is 4.20. The van der Waals surface area contributed by atoms with Crippen molar-refractivity contribution in [2.24, 2.45) is 0 Å². The molecular formula is C19H22ClN3O2. The summed E-state index contributed by atoms with van der Waals surface area (Å²) in [5, 5.41) is 3.77. The van der Waals surface area contributed by atoms with Gasteiger partial charge in [-0.2, -0.15) is 0 Å². The Morgan fingerprint density at radius 3 is 2.88 bits per heavy atom. The van der Waals surface area contributed by atoms with Gasteiger partial charge in [0.15, 0.2) is 0 Å². The number of carbonyl (C=O) groups is 1. The lowest BCUT2D eigenvalue weighted by Gasteiger charge is -2.14. The van der Waals surface area contributed by atoms with E-state index in [4.69, 9.17) is 16.3 Å². The van der Waals surface area contributed by atoms with E-state index in [1.54, 1.807) is 13.2 Å². The second-order valence-electron chi connectivity index (χ2n) is 6.11. The molecule has 132 valence electrons. The molecule has 0 unspecified atom stereocenters. The minimum atomic E-state index is 0.136. The summed E-state index contributed by atoms with van der Waals surface area (Å²) < 4.78 is 5.06. The Labute approximate surface area is 153 Å². The van der Waals surface area contributed by atoms with E-state index in [0.717, 1.165) is 41.8 Å². The van der Waals surface area contributed by atoms with E-state index in [1.165, 1.54) is 0 Å². The van der Waals surface area contributed by atoms with Crippen molar-refractivity contribution in [3.05, 3.63) is 52.2 Å². The first-order valence-corrected chi connectivity index (χ1v) is 8.85. The molecule has 1 amide bonds. The fourth-order valence-electron chi connectivity index (χ4n) is 2.91. The van der Waals surface area contributed by atoms with Crippen molar-refractivity contribution in [2.75, 3.05) is 19.0 Å². The zero-order valence-electron chi connectivity index (χ0n) is 14.5. The van der Waals surface area contributed by atoms with Crippen LogP contribution in [0.4, 0.5) is 5.69 Å². The molecular weight excluding hydrogens is 338 g/mol. The van der Waals surface area contributed by atoms with Crippen LogP contribution in [0.3, 0.4) is 0 Å². The van der Waals surface area contributed by atoms with Gasteiger partial charge in [0.05, 0.1) is 7.11 Å². The number of fused-ring (bicyclic) bond motifs is 1. The predicted molar refractivity (Wildman–Crippen MR) is 99.2 cm³/mol. The summed E-state index contributed by atoms with van der Waals surface area (Å²) in [5.74, 6) is 0.634. The van der Waals surface area contributed by atoms with Crippen molar-refractivity contribution in [1.29, 1.82) is 0 Å². The molecule has 3 rings (SSSR count). The second kappa shape index (κ2) is 7.74. The van der Waals surface area contributed by atoms with E-state index in [2.05, 4.69) is 17.2 Å². The maximum Gasteiger partial charge on any atom is 0.254 e. The van der Waals surface area contributed by atoms with Crippen LogP contribution >= 0.6 is 11.6 Å². The highest BCUT2D eigenvalue weighted by Gasteiger charge is 2.26. The van der Waals surface area contributed by atoms with Crippen molar-refractivity contribution in [3.63, 3.8) is 0 Å². The molecule has 2 heterocycles. The van der Waals surface area contributed by atoms with Gasteiger partial charge in [-0.3, -0.25) is 4.79 Å². The molecule has 1 aliphatic rings. The predicted octanol–water partition coefficient (Wildman–Crippen LogP) is 4.11. The normalized spacial score (nSPS) is 13.1. The van der Waals surface area contributed by atoms with Crippen LogP contribution in [0, 0.1) is 0 Å². The summed E-state index contributed by atoms with van der Waals surface area (Å²) >= 11 is 6.17. The van der Waals surface area contributed by atoms with Crippen molar-refractivity contribution in [2.45, 2.75) is 32.9 Å². The number of amides is 1.